The summed E-state index contributed by atoms with van der Waals surface area (Å²) in [6.07, 6.45) is 1.00. The Morgan fingerprint density at radius 1 is 1.56 bits per heavy atom. The van der Waals surface area contributed by atoms with Gasteiger partial charge in [0.2, 0.25) is 0 Å². The second kappa shape index (κ2) is 4.12. The second-order valence-corrected chi connectivity index (χ2v) is 4.35. The van der Waals surface area contributed by atoms with E-state index in [4.69, 9.17) is 5.73 Å². The van der Waals surface area contributed by atoms with Gasteiger partial charge in [0.25, 0.3) is 5.91 Å². The fourth-order valence-corrected chi connectivity index (χ4v) is 2.01. The van der Waals surface area contributed by atoms with Crippen molar-refractivity contribution in [3.05, 3.63) is 29.6 Å². The van der Waals surface area contributed by atoms with Crippen molar-refractivity contribution < 1.29 is 9.18 Å². The van der Waals surface area contributed by atoms with Crippen LogP contribution in [0.3, 0.4) is 0 Å². The first-order valence-corrected chi connectivity index (χ1v) is 5.43. The molecular weight excluding hydrogens is 207 g/mol. The van der Waals surface area contributed by atoms with Gasteiger partial charge in [0.15, 0.2) is 0 Å². The highest BCUT2D eigenvalue weighted by Gasteiger charge is 2.25. The first kappa shape index (κ1) is 10.9. The number of carbonyl (C=O) groups is 1. The van der Waals surface area contributed by atoms with E-state index in [0.29, 0.717) is 5.92 Å². The van der Waals surface area contributed by atoms with Crippen molar-refractivity contribution in [3.8, 4) is 0 Å². The minimum absolute atomic E-state index is 0.0490. The number of carbonyl (C=O) groups excluding carboxylic acids is 1. The molecule has 1 aromatic carbocycles. The number of benzene rings is 1. The number of nitrogen functional groups attached to an aromatic ring is 1. The van der Waals surface area contributed by atoms with Crippen molar-refractivity contribution in [2.45, 2.75) is 13.3 Å². The van der Waals surface area contributed by atoms with Crippen LogP contribution in [0.4, 0.5) is 10.1 Å². The zero-order valence-corrected chi connectivity index (χ0v) is 9.24. The summed E-state index contributed by atoms with van der Waals surface area (Å²) in [6, 6.07) is 4.35. The molecule has 1 amide bonds. The smallest absolute Gasteiger partial charge is 0.256 e. The molecule has 0 spiro atoms. The van der Waals surface area contributed by atoms with E-state index in [-0.39, 0.29) is 17.2 Å². The van der Waals surface area contributed by atoms with E-state index in [9.17, 15) is 9.18 Å². The molecule has 1 heterocycles. The molecule has 0 bridgehead atoms. The molecule has 16 heavy (non-hydrogen) atoms. The Kier molecular flexibility index (Phi) is 2.81. The van der Waals surface area contributed by atoms with E-state index in [1.165, 1.54) is 12.1 Å². The summed E-state index contributed by atoms with van der Waals surface area (Å²) in [4.78, 5) is 13.8. The molecule has 1 aliphatic heterocycles. The number of hydrogen-bond donors (Lipinski definition) is 1. The van der Waals surface area contributed by atoms with E-state index in [2.05, 4.69) is 6.92 Å². The molecule has 0 saturated carbocycles. The van der Waals surface area contributed by atoms with Crippen molar-refractivity contribution >= 4 is 11.6 Å². The summed E-state index contributed by atoms with van der Waals surface area (Å²) in [5.41, 5.74) is 5.79. The number of rotatable bonds is 1. The molecule has 1 fully saturated rings. The molecule has 2 N–H and O–H groups in total. The molecule has 1 atom stereocenters. The van der Waals surface area contributed by atoms with E-state index >= 15 is 0 Å². The number of amides is 1. The van der Waals surface area contributed by atoms with Crippen LogP contribution in [-0.4, -0.2) is 23.9 Å². The van der Waals surface area contributed by atoms with Gasteiger partial charge in [-0.15, -0.1) is 0 Å². The van der Waals surface area contributed by atoms with Crippen LogP contribution in [0.5, 0.6) is 0 Å². The molecule has 86 valence electrons. The SMILES string of the molecule is CC1CCN(C(=O)c2cccc(F)c2N)C1. The number of likely N-dealkylation sites (tertiary alicyclic amines) is 1. The Morgan fingerprint density at radius 3 is 2.94 bits per heavy atom. The quantitative estimate of drug-likeness (QED) is 0.737. The Morgan fingerprint density at radius 2 is 2.31 bits per heavy atom. The number of nitrogens with two attached hydrogens (primary N) is 1. The van der Waals surface area contributed by atoms with Crippen LogP contribution in [-0.2, 0) is 0 Å². The van der Waals surface area contributed by atoms with E-state index in [0.717, 1.165) is 19.5 Å². The van der Waals surface area contributed by atoms with Crippen LogP contribution in [0.15, 0.2) is 18.2 Å². The summed E-state index contributed by atoms with van der Waals surface area (Å²) in [7, 11) is 0. The van der Waals surface area contributed by atoms with Crippen LogP contribution in [0.25, 0.3) is 0 Å². The predicted molar refractivity (Wildman–Crippen MR) is 60.5 cm³/mol. The molecule has 1 aliphatic rings. The van der Waals surface area contributed by atoms with Crippen molar-refractivity contribution in [3.63, 3.8) is 0 Å². The fourth-order valence-electron chi connectivity index (χ4n) is 2.01. The van der Waals surface area contributed by atoms with Gasteiger partial charge in [-0.3, -0.25) is 4.79 Å². The number of halogens is 1. The maximum absolute atomic E-state index is 13.2. The largest absolute Gasteiger partial charge is 0.396 e. The third kappa shape index (κ3) is 1.87. The van der Waals surface area contributed by atoms with Crippen molar-refractivity contribution in [1.29, 1.82) is 0 Å². The number of nitrogens with zero attached hydrogens (tertiary/aromatic N) is 1. The fraction of sp³-hybridized carbons (Fsp3) is 0.417. The van der Waals surface area contributed by atoms with Crippen molar-refractivity contribution in [1.82, 2.24) is 4.90 Å². The molecule has 0 aromatic heterocycles. The van der Waals surface area contributed by atoms with Gasteiger partial charge in [0.1, 0.15) is 5.82 Å². The zero-order valence-electron chi connectivity index (χ0n) is 9.24. The number of para-hydroxylation sites is 1. The van der Waals surface area contributed by atoms with Gasteiger partial charge in [0, 0.05) is 13.1 Å². The normalized spacial score (nSPS) is 20.1. The predicted octanol–water partition coefficient (Wildman–Crippen LogP) is 1.89. The van der Waals surface area contributed by atoms with E-state index < -0.39 is 5.82 Å². The van der Waals surface area contributed by atoms with Gasteiger partial charge < -0.3 is 10.6 Å². The molecule has 2 rings (SSSR count). The van der Waals surface area contributed by atoms with Crippen LogP contribution in [0, 0.1) is 11.7 Å². The number of anilines is 1. The van der Waals surface area contributed by atoms with E-state index in [1.54, 1.807) is 11.0 Å². The maximum Gasteiger partial charge on any atom is 0.256 e. The molecule has 1 aromatic rings. The lowest BCUT2D eigenvalue weighted by molar-refractivity contribution is 0.0788. The lowest BCUT2D eigenvalue weighted by Gasteiger charge is -2.17. The van der Waals surface area contributed by atoms with Crippen LogP contribution < -0.4 is 5.73 Å². The third-order valence-corrected chi connectivity index (χ3v) is 2.99. The zero-order chi connectivity index (χ0) is 11.7. The topological polar surface area (TPSA) is 46.3 Å². The second-order valence-electron chi connectivity index (χ2n) is 4.35. The summed E-state index contributed by atoms with van der Waals surface area (Å²) in [5, 5.41) is 0. The van der Waals surface area contributed by atoms with Gasteiger partial charge in [-0.05, 0) is 24.5 Å². The summed E-state index contributed by atoms with van der Waals surface area (Å²) < 4.78 is 13.2. The standard InChI is InChI=1S/C12H15FN2O/c1-8-5-6-15(7-8)12(16)9-3-2-4-10(13)11(9)14/h2-4,8H,5-7,14H2,1H3. The summed E-state index contributed by atoms with van der Waals surface area (Å²) in [5.74, 6) is -0.182. The minimum Gasteiger partial charge on any atom is -0.396 e. The Bertz CT molecular complexity index is 419. The molecule has 1 unspecified atom stereocenters. The first-order chi connectivity index (χ1) is 7.59. The van der Waals surface area contributed by atoms with Gasteiger partial charge in [-0.1, -0.05) is 13.0 Å². The van der Waals surface area contributed by atoms with Gasteiger partial charge in [0.05, 0.1) is 11.3 Å². The van der Waals surface area contributed by atoms with Crippen LogP contribution in [0.1, 0.15) is 23.7 Å². The first-order valence-electron chi connectivity index (χ1n) is 5.43. The maximum atomic E-state index is 13.2. The van der Waals surface area contributed by atoms with E-state index in [1.807, 2.05) is 0 Å². The van der Waals surface area contributed by atoms with Gasteiger partial charge in [-0.25, -0.2) is 4.39 Å². The summed E-state index contributed by atoms with van der Waals surface area (Å²) in [6.45, 7) is 3.56. The lowest BCUT2D eigenvalue weighted by Crippen LogP contribution is -2.29. The average Bonchev–Trinajstić information content (AvgIpc) is 2.68. The molecule has 1 saturated heterocycles. The molecule has 4 heteroatoms. The molecule has 0 aliphatic carbocycles. The number of hydrogen-bond acceptors (Lipinski definition) is 2. The van der Waals surface area contributed by atoms with Gasteiger partial charge >= 0.3 is 0 Å². The highest BCUT2D eigenvalue weighted by Crippen LogP contribution is 2.22. The highest BCUT2D eigenvalue weighted by atomic mass is 19.1. The van der Waals surface area contributed by atoms with Gasteiger partial charge in [-0.2, -0.15) is 0 Å². The molecule has 0 radical (unpaired) electrons. The Hall–Kier alpha value is -1.58. The highest BCUT2D eigenvalue weighted by molar-refractivity contribution is 5.99. The third-order valence-electron chi connectivity index (χ3n) is 2.99. The molecule has 3 nitrogen and oxygen atoms in total. The van der Waals surface area contributed by atoms with Crippen molar-refractivity contribution in [2.24, 2.45) is 5.92 Å². The lowest BCUT2D eigenvalue weighted by atomic mass is 10.1. The Labute approximate surface area is 94.0 Å². The average molecular weight is 222 g/mol. The Balaban J connectivity index is 2.24. The molecular formula is C12H15FN2O. The van der Waals surface area contributed by atoms with Crippen LogP contribution in [0.2, 0.25) is 0 Å². The van der Waals surface area contributed by atoms with Crippen LogP contribution >= 0.6 is 0 Å². The monoisotopic (exact) mass is 222 g/mol. The van der Waals surface area contributed by atoms with Crippen molar-refractivity contribution in [2.75, 3.05) is 18.8 Å². The summed E-state index contributed by atoms with van der Waals surface area (Å²) >= 11 is 0. The minimum atomic E-state index is -0.530.